The first kappa shape index (κ1) is 26.6. The van der Waals surface area contributed by atoms with Crippen LogP contribution in [0.4, 0.5) is 8.78 Å². The van der Waals surface area contributed by atoms with Crippen LogP contribution >= 0.6 is 24.0 Å². The Labute approximate surface area is 195 Å². The average molecular weight is 541 g/mol. The van der Waals surface area contributed by atoms with Gasteiger partial charge in [-0.05, 0) is 34.0 Å². The number of piperazine rings is 1. The molecule has 0 saturated carbocycles. The predicted octanol–water partition coefficient (Wildman–Crippen LogP) is 2.61. The highest BCUT2D eigenvalue weighted by atomic mass is 127. The van der Waals surface area contributed by atoms with Crippen LogP contribution in [-0.4, -0.2) is 81.8 Å². The first-order valence-corrected chi connectivity index (χ1v) is 10.0. The molecule has 2 N–H and O–H groups in total. The van der Waals surface area contributed by atoms with Crippen LogP contribution in [0.5, 0.6) is 11.5 Å². The number of halogens is 3. The summed E-state index contributed by atoms with van der Waals surface area (Å²) in [6.07, 6.45) is 0. The third-order valence-corrected chi connectivity index (χ3v) is 4.80. The molecular weight excluding hydrogens is 507 g/mol. The Bertz CT molecular complexity index is 666. The molecule has 1 aliphatic rings. The molecule has 1 aromatic carbocycles. The lowest BCUT2D eigenvalue weighted by Crippen LogP contribution is -2.55. The van der Waals surface area contributed by atoms with Crippen molar-refractivity contribution in [2.24, 2.45) is 4.99 Å². The summed E-state index contributed by atoms with van der Waals surface area (Å²) in [5, 5.41) is 6.57. The monoisotopic (exact) mass is 541 g/mol. The highest BCUT2D eigenvalue weighted by Gasteiger charge is 2.22. The highest BCUT2D eigenvalue weighted by Crippen LogP contribution is 2.33. The maximum atomic E-state index is 12.9. The van der Waals surface area contributed by atoms with Crippen molar-refractivity contribution >= 4 is 29.9 Å². The average Bonchev–Trinajstić information content (AvgIpc) is 2.68. The van der Waals surface area contributed by atoms with E-state index in [4.69, 9.17) is 9.47 Å². The van der Waals surface area contributed by atoms with Crippen LogP contribution in [0, 0.1) is 0 Å². The van der Waals surface area contributed by atoms with E-state index in [1.165, 1.54) is 0 Å². The number of guanidine groups is 1. The zero-order valence-electron chi connectivity index (χ0n) is 18.2. The number of alkyl halides is 2. The Morgan fingerprint density at radius 2 is 2.00 bits per heavy atom. The van der Waals surface area contributed by atoms with Crippen molar-refractivity contribution in [1.82, 2.24) is 20.4 Å². The number of hydrogen-bond donors (Lipinski definition) is 2. The van der Waals surface area contributed by atoms with E-state index in [1.54, 1.807) is 25.1 Å². The van der Waals surface area contributed by atoms with Crippen LogP contribution in [0.3, 0.4) is 0 Å². The number of nitrogens with one attached hydrogen (secondary N) is 2. The molecule has 0 aromatic heterocycles. The lowest BCUT2D eigenvalue weighted by molar-refractivity contribution is -0.0520. The van der Waals surface area contributed by atoms with E-state index < -0.39 is 6.61 Å². The van der Waals surface area contributed by atoms with E-state index in [0.717, 1.165) is 26.2 Å². The van der Waals surface area contributed by atoms with Gasteiger partial charge >= 0.3 is 6.61 Å². The molecule has 1 fully saturated rings. The van der Waals surface area contributed by atoms with E-state index in [9.17, 15) is 8.78 Å². The maximum absolute atomic E-state index is 12.9. The van der Waals surface area contributed by atoms with Gasteiger partial charge in [-0.25, -0.2) is 4.99 Å². The van der Waals surface area contributed by atoms with Crippen LogP contribution in [0.2, 0.25) is 0 Å². The highest BCUT2D eigenvalue weighted by molar-refractivity contribution is 14.0. The summed E-state index contributed by atoms with van der Waals surface area (Å²) in [5.41, 5.74) is 0.544. The summed E-state index contributed by atoms with van der Waals surface area (Å²) >= 11 is 0. The summed E-state index contributed by atoms with van der Waals surface area (Å²) in [6.45, 7) is 5.91. The van der Waals surface area contributed by atoms with Crippen molar-refractivity contribution < 1.29 is 18.3 Å². The van der Waals surface area contributed by atoms with Gasteiger partial charge in [-0.1, -0.05) is 12.1 Å². The largest absolute Gasteiger partial charge is 0.490 e. The molecule has 1 atom stereocenters. The molecule has 1 saturated heterocycles. The molecule has 2 rings (SSSR count). The van der Waals surface area contributed by atoms with Gasteiger partial charge in [0.2, 0.25) is 0 Å². The van der Waals surface area contributed by atoms with Gasteiger partial charge in [-0.3, -0.25) is 4.90 Å². The molecule has 10 heteroatoms. The molecule has 0 aliphatic carbocycles. The fourth-order valence-electron chi connectivity index (χ4n) is 3.22. The standard InChI is InChI=1S/C20H33F2N5O2.HI/c1-5-23-20(25-13-16-14-26(3)10-11-27(16)4)24-12-15-8-7-9-17(28-6-2)18(15)29-19(21)22;/h7-9,16,19H,5-6,10-14H2,1-4H3,(H2,23,24,25);1H. The molecule has 1 heterocycles. The molecule has 0 spiro atoms. The molecule has 7 nitrogen and oxygen atoms in total. The van der Waals surface area contributed by atoms with Gasteiger partial charge < -0.3 is 25.0 Å². The van der Waals surface area contributed by atoms with Crippen molar-refractivity contribution in [3.8, 4) is 11.5 Å². The molecule has 30 heavy (non-hydrogen) atoms. The molecule has 1 aromatic rings. The number of ether oxygens (including phenoxy) is 2. The lowest BCUT2D eigenvalue weighted by atomic mass is 10.2. The minimum absolute atomic E-state index is 0. The van der Waals surface area contributed by atoms with E-state index in [1.807, 2.05) is 6.92 Å². The Balaban J connectivity index is 0.00000450. The quantitative estimate of drug-likeness (QED) is 0.285. The third-order valence-electron chi connectivity index (χ3n) is 4.80. The Morgan fingerprint density at radius 1 is 1.23 bits per heavy atom. The number of rotatable bonds is 9. The summed E-state index contributed by atoms with van der Waals surface area (Å²) in [6, 6.07) is 5.46. The maximum Gasteiger partial charge on any atom is 0.387 e. The number of hydrogen-bond acceptors (Lipinski definition) is 5. The smallest absolute Gasteiger partial charge is 0.387 e. The number of benzene rings is 1. The normalized spacial score (nSPS) is 18.1. The first-order chi connectivity index (χ1) is 13.9. The van der Waals surface area contributed by atoms with Crippen molar-refractivity contribution in [3.05, 3.63) is 23.8 Å². The zero-order valence-corrected chi connectivity index (χ0v) is 20.5. The van der Waals surface area contributed by atoms with Gasteiger partial charge in [-0.2, -0.15) is 8.78 Å². The van der Waals surface area contributed by atoms with Gasteiger partial charge in [0.1, 0.15) is 0 Å². The van der Waals surface area contributed by atoms with Crippen molar-refractivity contribution in [2.45, 2.75) is 33.0 Å². The summed E-state index contributed by atoms with van der Waals surface area (Å²) in [4.78, 5) is 9.20. The van der Waals surface area contributed by atoms with Crippen molar-refractivity contribution in [3.63, 3.8) is 0 Å². The van der Waals surface area contributed by atoms with Crippen molar-refractivity contribution in [1.29, 1.82) is 0 Å². The fraction of sp³-hybridized carbons (Fsp3) is 0.650. The Hall–Kier alpha value is -1.40. The van der Waals surface area contributed by atoms with E-state index in [0.29, 0.717) is 36.5 Å². The van der Waals surface area contributed by atoms with Gasteiger partial charge in [-0.15, -0.1) is 24.0 Å². The van der Waals surface area contributed by atoms with E-state index in [-0.39, 0.29) is 36.3 Å². The minimum atomic E-state index is -2.93. The Kier molecular flexibility index (Phi) is 12.3. The SMILES string of the molecule is CCNC(=NCc1cccc(OCC)c1OC(F)F)NCC1CN(C)CCN1C.I. The van der Waals surface area contributed by atoms with Crippen LogP contribution in [-0.2, 0) is 6.54 Å². The van der Waals surface area contributed by atoms with E-state index >= 15 is 0 Å². The second-order valence-electron chi connectivity index (χ2n) is 7.03. The summed E-state index contributed by atoms with van der Waals surface area (Å²) < 4.78 is 35.9. The van der Waals surface area contributed by atoms with Crippen LogP contribution < -0.4 is 20.1 Å². The first-order valence-electron chi connectivity index (χ1n) is 10.0. The van der Waals surface area contributed by atoms with Crippen LogP contribution in [0.25, 0.3) is 0 Å². The van der Waals surface area contributed by atoms with Crippen molar-refractivity contribution in [2.75, 3.05) is 53.4 Å². The zero-order chi connectivity index (χ0) is 21.2. The fourth-order valence-corrected chi connectivity index (χ4v) is 3.22. The minimum Gasteiger partial charge on any atom is -0.490 e. The number of para-hydroxylation sites is 1. The molecule has 0 amide bonds. The molecule has 1 aliphatic heterocycles. The second-order valence-corrected chi connectivity index (χ2v) is 7.03. The van der Waals surface area contributed by atoms with Gasteiger partial charge in [0, 0.05) is 44.3 Å². The second kappa shape index (κ2) is 13.8. The molecule has 0 bridgehead atoms. The summed E-state index contributed by atoms with van der Waals surface area (Å²) in [7, 11) is 4.24. The number of likely N-dealkylation sites (N-methyl/N-ethyl adjacent to an activating group) is 2. The third kappa shape index (κ3) is 8.38. The topological polar surface area (TPSA) is 61.4 Å². The molecular formula is C20H34F2IN5O2. The van der Waals surface area contributed by atoms with Crippen LogP contribution in [0.1, 0.15) is 19.4 Å². The molecule has 0 radical (unpaired) electrons. The lowest BCUT2D eigenvalue weighted by Gasteiger charge is -2.37. The predicted molar refractivity (Wildman–Crippen MR) is 126 cm³/mol. The Morgan fingerprint density at radius 3 is 2.67 bits per heavy atom. The summed E-state index contributed by atoms with van der Waals surface area (Å²) in [5.74, 6) is 0.974. The molecule has 172 valence electrons. The van der Waals surface area contributed by atoms with Gasteiger partial charge in [0.25, 0.3) is 0 Å². The van der Waals surface area contributed by atoms with Gasteiger partial charge in [0.05, 0.1) is 13.2 Å². The molecule has 1 unspecified atom stereocenters. The number of aliphatic imine (C=N–C) groups is 1. The van der Waals surface area contributed by atoms with Gasteiger partial charge in [0.15, 0.2) is 17.5 Å². The van der Waals surface area contributed by atoms with E-state index in [2.05, 4.69) is 39.5 Å². The van der Waals surface area contributed by atoms with Crippen LogP contribution in [0.15, 0.2) is 23.2 Å². The number of nitrogens with zero attached hydrogens (tertiary/aromatic N) is 3.